The van der Waals surface area contributed by atoms with Crippen LogP contribution in [-0.2, 0) is 11.3 Å². The van der Waals surface area contributed by atoms with Gasteiger partial charge in [0.25, 0.3) is 5.91 Å². The molecule has 0 aliphatic carbocycles. The second-order valence-corrected chi connectivity index (χ2v) is 8.76. The Balaban J connectivity index is 1.76. The standard InChI is InChI=1S/C20H25N3O2S2/c1-21(2)10-11-22(13-16-7-4-3-5-8-16)19(24)17-14-26-15-23(17)20(25)18-9-6-12-27-18/h3-9,12,17H,10-11,13-15H2,1-2H3. The van der Waals surface area contributed by atoms with E-state index in [0.717, 1.165) is 12.1 Å². The Labute approximate surface area is 168 Å². The summed E-state index contributed by atoms with van der Waals surface area (Å²) in [6, 6.07) is 13.3. The lowest BCUT2D eigenvalue weighted by atomic mass is 10.1. The van der Waals surface area contributed by atoms with Gasteiger partial charge in [-0.05, 0) is 31.1 Å². The number of thiophene rings is 1. The zero-order valence-corrected chi connectivity index (χ0v) is 17.3. The molecule has 0 N–H and O–H groups in total. The van der Waals surface area contributed by atoms with Gasteiger partial charge in [-0.3, -0.25) is 9.59 Å². The molecule has 1 aliphatic rings. The quantitative estimate of drug-likeness (QED) is 0.713. The number of hydrogen-bond acceptors (Lipinski definition) is 5. The maximum absolute atomic E-state index is 13.4. The van der Waals surface area contributed by atoms with Crippen LogP contribution in [0.4, 0.5) is 0 Å². The normalized spacial score (nSPS) is 16.7. The minimum Gasteiger partial charge on any atom is -0.335 e. The average Bonchev–Trinajstić information content (AvgIpc) is 3.36. The maximum Gasteiger partial charge on any atom is 0.265 e. The monoisotopic (exact) mass is 403 g/mol. The van der Waals surface area contributed by atoms with Crippen LogP contribution in [0.2, 0.25) is 0 Å². The fourth-order valence-corrected chi connectivity index (χ4v) is 4.82. The molecule has 1 fully saturated rings. The van der Waals surface area contributed by atoms with Crippen LogP contribution in [0, 0.1) is 0 Å². The van der Waals surface area contributed by atoms with Crippen LogP contribution in [0.25, 0.3) is 0 Å². The van der Waals surface area contributed by atoms with Gasteiger partial charge in [0, 0.05) is 25.4 Å². The van der Waals surface area contributed by atoms with Gasteiger partial charge in [-0.15, -0.1) is 23.1 Å². The predicted octanol–water partition coefficient (Wildman–Crippen LogP) is 2.85. The highest BCUT2D eigenvalue weighted by molar-refractivity contribution is 7.99. The molecule has 7 heteroatoms. The van der Waals surface area contributed by atoms with Crippen molar-refractivity contribution in [2.24, 2.45) is 0 Å². The largest absolute Gasteiger partial charge is 0.335 e. The lowest BCUT2D eigenvalue weighted by molar-refractivity contribution is -0.135. The molecule has 0 saturated carbocycles. The highest BCUT2D eigenvalue weighted by Crippen LogP contribution is 2.26. The van der Waals surface area contributed by atoms with E-state index in [2.05, 4.69) is 4.90 Å². The Morgan fingerprint density at radius 3 is 2.56 bits per heavy atom. The van der Waals surface area contributed by atoms with E-state index in [1.807, 2.05) is 66.8 Å². The number of benzene rings is 1. The molecule has 0 spiro atoms. The number of likely N-dealkylation sites (N-methyl/N-ethyl adjacent to an activating group) is 1. The van der Waals surface area contributed by atoms with E-state index in [1.54, 1.807) is 16.7 Å². The minimum atomic E-state index is -0.393. The Morgan fingerprint density at radius 1 is 1.11 bits per heavy atom. The van der Waals surface area contributed by atoms with Crippen LogP contribution in [0.5, 0.6) is 0 Å². The topological polar surface area (TPSA) is 43.9 Å². The molecule has 2 aromatic rings. The van der Waals surface area contributed by atoms with E-state index < -0.39 is 6.04 Å². The molecule has 3 rings (SSSR count). The molecule has 5 nitrogen and oxygen atoms in total. The lowest BCUT2D eigenvalue weighted by Crippen LogP contribution is -2.49. The number of hydrogen-bond donors (Lipinski definition) is 0. The van der Waals surface area contributed by atoms with Crippen molar-refractivity contribution in [3.63, 3.8) is 0 Å². The van der Waals surface area contributed by atoms with Crippen LogP contribution in [0.3, 0.4) is 0 Å². The molecule has 1 aliphatic heterocycles. The molecule has 0 radical (unpaired) electrons. The lowest BCUT2D eigenvalue weighted by Gasteiger charge is -2.30. The molecule has 2 heterocycles. The van der Waals surface area contributed by atoms with E-state index in [4.69, 9.17) is 0 Å². The Morgan fingerprint density at radius 2 is 1.89 bits per heavy atom. The minimum absolute atomic E-state index is 0.0376. The van der Waals surface area contributed by atoms with E-state index >= 15 is 0 Å². The van der Waals surface area contributed by atoms with Crippen molar-refractivity contribution in [2.75, 3.05) is 38.8 Å². The van der Waals surface area contributed by atoms with Gasteiger partial charge in [0.1, 0.15) is 6.04 Å². The zero-order chi connectivity index (χ0) is 19.2. The second-order valence-electron chi connectivity index (χ2n) is 6.82. The summed E-state index contributed by atoms with van der Waals surface area (Å²) in [6.07, 6.45) is 0. The van der Waals surface area contributed by atoms with Crippen LogP contribution >= 0.6 is 23.1 Å². The van der Waals surface area contributed by atoms with Crippen LogP contribution < -0.4 is 0 Å². The van der Waals surface area contributed by atoms with Gasteiger partial charge >= 0.3 is 0 Å². The highest BCUT2D eigenvalue weighted by Gasteiger charge is 2.37. The van der Waals surface area contributed by atoms with Crippen molar-refractivity contribution < 1.29 is 9.59 Å². The fourth-order valence-electron chi connectivity index (χ4n) is 2.99. The summed E-state index contributed by atoms with van der Waals surface area (Å²) in [5.74, 6) is 1.22. The first-order chi connectivity index (χ1) is 13.1. The molecular weight excluding hydrogens is 378 g/mol. The summed E-state index contributed by atoms with van der Waals surface area (Å²) in [7, 11) is 4.01. The summed E-state index contributed by atoms with van der Waals surface area (Å²) in [5, 5.41) is 1.89. The predicted molar refractivity (Wildman–Crippen MR) is 112 cm³/mol. The smallest absolute Gasteiger partial charge is 0.265 e. The summed E-state index contributed by atoms with van der Waals surface area (Å²) >= 11 is 3.07. The second kappa shape index (κ2) is 9.39. The molecular formula is C20H25N3O2S2. The highest BCUT2D eigenvalue weighted by atomic mass is 32.2. The number of nitrogens with zero attached hydrogens (tertiary/aromatic N) is 3. The summed E-state index contributed by atoms with van der Waals surface area (Å²) < 4.78 is 0. The number of carbonyl (C=O) groups excluding carboxylic acids is 2. The SMILES string of the molecule is CN(C)CCN(Cc1ccccc1)C(=O)C1CSCN1C(=O)c1cccs1. The fraction of sp³-hybridized carbons (Fsp3) is 0.400. The number of rotatable bonds is 7. The number of thioether (sulfide) groups is 1. The van der Waals surface area contributed by atoms with Gasteiger partial charge in [0.05, 0.1) is 10.8 Å². The molecule has 27 heavy (non-hydrogen) atoms. The molecule has 1 unspecified atom stereocenters. The molecule has 0 bridgehead atoms. The third-order valence-electron chi connectivity index (χ3n) is 4.51. The maximum atomic E-state index is 13.4. The molecule has 144 valence electrons. The number of amides is 2. The number of carbonyl (C=O) groups is 2. The van der Waals surface area contributed by atoms with Crippen molar-refractivity contribution in [3.8, 4) is 0 Å². The van der Waals surface area contributed by atoms with Gasteiger partial charge in [-0.2, -0.15) is 0 Å². The van der Waals surface area contributed by atoms with Gasteiger partial charge in [-0.1, -0.05) is 36.4 Å². The Bertz CT molecular complexity index is 750. The van der Waals surface area contributed by atoms with Crippen molar-refractivity contribution in [1.29, 1.82) is 0 Å². The molecule has 1 saturated heterocycles. The first-order valence-corrected chi connectivity index (χ1v) is 11.0. The third-order valence-corrected chi connectivity index (χ3v) is 6.38. The summed E-state index contributed by atoms with van der Waals surface area (Å²) in [6.45, 7) is 2.00. The Hall–Kier alpha value is -1.83. The average molecular weight is 404 g/mol. The third kappa shape index (κ3) is 5.12. The first kappa shape index (κ1) is 19.9. The van der Waals surface area contributed by atoms with Crippen LogP contribution in [0.15, 0.2) is 47.8 Å². The molecule has 2 amide bonds. The van der Waals surface area contributed by atoms with E-state index in [0.29, 0.717) is 29.6 Å². The van der Waals surface area contributed by atoms with E-state index in [9.17, 15) is 9.59 Å². The van der Waals surface area contributed by atoms with E-state index in [1.165, 1.54) is 11.3 Å². The van der Waals surface area contributed by atoms with Crippen LogP contribution in [-0.4, -0.2) is 71.4 Å². The van der Waals surface area contributed by atoms with Gasteiger partial charge in [0.15, 0.2) is 0 Å². The van der Waals surface area contributed by atoms with Gasteiger partial charge < -0.3 is 14.7 Å². The van der Waals surface area contributed by atoms with Crippen molar-refractivity contribution in [2.45, 2.75) is 12.6 Å². The molecule has 1 aromatic carbocycles. The molecule has 1 atom stereocenters. The van der Waals surface area contributed by atoms with Gasteiger partial charge in [0.2, 0.25) is 5.91 Å². The van der Waals surface area contributed by atoms with Crippen LogP contribution in [0.1, 0.15) is 15.2 Å². The van der Waals surface area contributed by atoms with Crippen molar-refractivity contribution in [1.82, 2.24) is 14.7 Å². The van der Waals surface area contributed by atoms with Gasteiger partial charge in [-0.25, -0.2) is 0 Å². The first-order valence-electron chi connectivity index (χ1n) is 8.96. The Kier molecular flexibility index (Phi) is 6.93. The molecule has 1 aromatic heterocycles. The summed E-state index contributed by atoms with van der Waals surface area (Å²) in [5.41, 5.74) is 1.10. The zero-order valence-electron chi connectivity index (χ0n) is 15.7. The van der Waals surface area contributed by atoms with Crippen molar-refractivity contribution >= 4 is 34.9 Å². The van der Waals surface area contributed by atoms with E-state index in [-0.39, 0.29) is 11.8 Å². The van der Waals surface area contributed by atoms with Crippen molar-refractivity contribution in [3.05, 3.63) is 58.3 Å². The summed E-state index contributed by atoms with van der Waals surface area (Å²) in [4.78, 5) is 32.5.